The summed E-state index contributed by atoms with van der Waals surface area (Å²) in [5, 5.41) is 0. The van der Waals surface area contributed by atoms with Crippen molar-refractivity contribution in [1.82, 2.24) is 0 Å². The minimum Gasteiger partial charge on any atom is -0.158 e. The monoisotopic (exact) mass is 170 g/mol. The van der Waals surface area contributed by atoms with E-state index in [0.717, 1.165) is 11.8 Å². The van der Waals surface area contributed by atoms with E-state index in [9.17, 15) is 0 Å². The summed E-state index contributed by atoms with van der Waals surface area (Å²) in [7, 11) is 0. The summed E-state index contributed by atoms with van der Waals surface area (Å²) in [5.41, 5.74) is 1.69. The zero-order valence-corrected chi connectivity index (χ0v) is 8.58. The molecule has 1 aliphatic heterocycles. The Hall–Kier alpha value is 0.0900. The summed E-state index contributed by atoms with van der Waals surface area (Å²) < 4.78 is 0. The summed E-state index contributed by atoms with van der Waals surface area (Å²) >= 11 is 2.05. The van der Waals surface area contributed by atoms with Crippen molar-refractivity contribution >= 4 is 11.8 Å². The first kappa shape index (κ1) is 9.18. The molecule has 0 aliphatic carbocycles. The van der Waals surface area contributed by atoms with Crippen LogP contribution in [0.3, 0.4) is 0 Å². The summed E-state index contributed by atoms with van der Waals surface area (Å²) in [4.78, 5) is 0. The molecule has 0 saturated heterocycles. The van der Waals surface area contributed by atoms with E-state index >= 15 is 0 Å². The van der Waals surface area contributed by atoms with Gasteiger partial charge in [-0.15, -0.1) is 0 Å². The van der Waals surface area contributed by atoms with Crippen molar-refractivity contribution in [3.63, 3.8) is 0 Å². The van der Waals surface area contributed by atoms with Crippen LogP contribution in [0.25, 0.3) is 0 Å². The second-order valence-electron chi connectivity index (χ2n) is 3.64. The number of rotatable bonds is 2. The van der Waals surface area contributed by atoms with Crippen LogP contribution < -0.4 is 0 Å². The maximum atomic E-state index is 2.43. The highest BCUT2D eigenvalue weighted by Crippen LogP contribution is 2.27. The Kier molecular flexibility index (Phi) is 3.50. The summed E-state index contributed by atoms with van der Waals surface area (Å²) in [6, 6.07) is 0. The molecule has 1 rings (SSSR count). The zero-order chi connectivity index (χ0) is 8.27. The lowest BCUT2D eigenvalue weighted by Gasteiger charge is -2.22. The highest BCUT2D eigenvalue weighted by molar-refractivity contribution is 7.99. The smallest absolute Gasteiger partial charge is 0.0116 e. The Labute approximate surface area is 74.5 Å². The van der Waals surface area contributed by atoms with Crippen LogP contribution in [0.1, 0.15) is 27.2 Å². The maximum Gasteiger partial charge on any atom is 0.0116 e. The van der Waals surface area contributed by atoms with Crippen molar-refractivity contribution in [3.8, 4) is 0 Å². The van der Waals surface area contributed by atoms with E-state index in [0.29, 0.717) is 0 Å². The molecule has 0 spiro atoms. The van der Waals surface area contributed by atoms with Crippen molar-refractivity contribution in [1.29, 1.82) is 0 Å². The standard InChI is InChI=1S/C10H18S/c1-8(2)9(3)10-4-6-11-7-5-10/h4,8-9H,5-7H2,1-3H3. The first-order valence-corrected chi connectivity index (χ1v) is 5.64. The average Bonchev–Trinajstić information content (AvgIpc) is 2.05. The molecule has 1 unspecified atom stereocenters. The molecule has 0 aromatic heterocycles. The minimum atomic E-state index is 0.802. The van der Waals surface area contributed by atoms with Crippen LogP contribution in [0.4, 0.5) is 0 Å². The number of hydrogen-bond acceptors (Lipinski definition) is 1. The SMILES string of the molecule is CC(C)C(C)C1=CCSCC1. The zero-order valence-electron chi connectivity index (χ0n) is 7.76. The van der Waals surface area contributed by atoms with Crippen molar-refractivity contribution in [3.05, 3.63) is 11.6 Å². The lowest BCUT2D eigenvalue weighted by molar-refractivity contribution is 0.470. The molecule has 1 heterocycles. The number of thioether (sulfide) groups is 1. The molecule has 0 aromatic rings. The molecule has 11 heavy (non-hydrogen) atoms. The Morgan fingerprint density at radius 1 is 1.36 bits per heavy atom. The van der Waals surface area contributed by atoms with Gasteiger partial charge in [-0.2, -0.15) is 11.8 Å². The highest BCUT2D eigenvalue weighted by atomic mass is 32.2. The molecule has 0 bridgehead atoms. The van der Waals surface area contributed by atoms with Gasteiger partial charge in [0.25, 0.3) is 0 Å². The first-order chi connectivity index (χ1) is 5.22. The topological polar surface area (TPSA) is 0 Å². The van der Waals surface area contributed by atoms with Crippen LogP contribution >= 0.6 is 11.8 Å². The van der Waals surface area contributed by atoms with Crippen molar-refractivity contribution in [2.75, 3.05) is 11.5 Å². The van der Waals surface area contributed by atoms with Gasteiger partial charge in [0.05, 0.1) is 0 Å². The summed E-state index contributed by atoms with van der Waals surface area (Å²) in [6.07, 6.45) is 3.75. The molecule has 0 radical (unpaired) electrons. The molecular formula is C10H18S. The van der Waals surface area contributed by atoms with Gasteiger partial charge in [0, 0.05) is 5.75 Å². The predicted molar refractivity (Wildman–Crippen MR) is 54.0 cm³/mol. The van der Waals surface area contributed by atoms with Gasteiger partial charge in [-0.25, -0.2) is 0 Å². The molecule has 0 nitrogen and oxygen atoms in total. The lowest BCUT2D eigenvalue weighted by Crippen LogP contribution is -2.10. The fraction of sp³-hybridized carbons (Fsp3) is 0.800. The maximum absolute atomic E-state index is 2.43. The number of allylic oxidation sites excluding steroid dienone is 1. The Balaban J connectivity index is 2.51. The number of hydrogen-bond donors (Lipinski definition) is 0. The van der Waals surface area contributed by atoms with Gasteiger partial charge in [0.2, 0.25) is 0 Å². The molecule has 0 saturated carbocycles. The molecule has 0 fully saturated rings. The third-order valence-corrected chi connectivity index (χ3v) is 3.48. The fourth-order valence-electron chi connectivity index (χ4n) is 1.38. The van der Waals surface area contributed by atoms with Crippen LogP contribution in [-0.4, -0.2) is 11.5 Å². The van der Waals surface area contributed by atoms with Crippen molar-refractivity contribution in [2.24, 2.45) is 11.8 Å². The van der Waals surface area contributed by atoms with E-state index in [1.54, 1.807) is 5.57 Å². The van der Waals surface area contributed by atoms with Crippen LogP contribution in [0.5, 0.6) is 0 Å². The largest absolute Gasteiger partial charge is 0.158 e. The van der Waals surface area contributed by atoms with Gasteiger partial charge in [-0.1, -0.05) is 32.4 Å². The van der Waals surface area contributed by atoms with E-state index < -0.39 is 0 Å². The molecule has 1 heteroatoms. The molecule has 1 atom stereocenters. The average molecular weight is 170 g/mol. The second kappa shape index (κ2) is 4.20. The molecule has 1 aliphatic rings. The van der Waals surface area contributed by atoms with E-state index in [4.69, 9.17) is 0 Å². The van der Waals surface area contributed by atoms with Crippen LogP contribution in [0.15, 0.2) is 11.6 Å². The molecule has 0 N–H and O–H groups in total. The summed E-state index contributed by atoms with van der Waals surface area (Å²) in [6.45, 7) is 6.98. The van der Waals surface area contributed by atoms with Gasteiger partial charge >= 0.3 is 0 Å². The van der Waals surface area contributed by atoms with Gasteiger partial charge in [0.1, 0.15) is 0 Å². The van der Waals surface area contributed by atoms with Crippen LogP contribution in [0.2, 0.25) is 0 Å². The Bertz CT molecular complexity index is 147. The first-order valence-electron chi connectivity index (χ1n) is 4.48. The third kappa shape index (κ3) is 2.55. The van der Waals surface area contributed by atoms with Gasteiger partial charge in [0.15, 0.2) is 0 Å². The highest BCUT2D eigenvalue weighted by Gasteiger charge is 2.14. The Morgan fingerprint density at radius 2 is 2.09 bits per heavy atom. The van der Waals surface area contributed by atoms with Gasteiger partial charge < -0.3 is 0 Å². The van der Waals surface area contributed by atoms with E-state index in [2.05, 4.69) is 38.6 Å². The summed E-state index contributed by atoms with van der Waals surface area (Å²) in [5.74, 6) is 4.19. The van der Waals surface area contributed by atoms with Crippen molar-refractivity contribution in [2.45, 2.75) is 27.2 Å². The normalized spacial score (nSPS) is 21.6. The molecule has 64 valence electrons. The quantitative estimate of drug-likeness (QED) is 0.573. The third-order valence-electron chi connectivity index (χ3n) is 2.58. The predicted octanol–water partition coefficient (Wildman–Crippen LogP) is 3.34. The molecule has 0 amide bonds. The fourth-order valence-corrected chi connectivity index (χ4v) is 2.26. The lowest BCUT2D eigenvalue weighted by atomic mass is 9.88. The van der Waals surface area contributed by atoms with E-state index in [1.165, 1.54) is 17.9 Å². The molecule has 0 aromatic carbocycles. The van der Waals surface area contributed by atoms with Crippen LogP contribution in [-0.2, 0) is 0 Å². The molecular weight excluding hydrogens is 152 g/mol. The van der Waals surface area contributed by atoms with Crippen molar-refractivity contribution < 1.29 is 0 Å². The van der Waals surface area contributed by atoms with Gasteiger partial charge in [-0.05, 0) is 24.0 Å². The van der Waals surface area contributed by atoms with E-state index in [1.807, 2.05) is 0 Å². The minimum absolute atomic E-state index is 0.802. The van der Waals surface area contributed by atoms with Gasteiger partial charge in [-0.3, -0.25) is 0 Å². The Morgan fingerprint density at radius 3 is 2.55 bits per heavy atom. The van der Waals surface area contributed by atoms with Crippen LogP contribution in [0, 0.1) is 11.8 Å². The van der Waals surface area contributed by atoms with E-state index in [-0.39, 0.29) is 0 Å². The second-order valence-corrected chi connectivity index (χ2v) is 4.79.